The highest BCUT2D eigenvalue weighted by Crippen LogP contribution is 2.17. The van der Waals surface area contributed by atoms with Gasteiger partial charge in [0.2, 0.25) is 0 Å². The van der Waals surface area contributed by atoms with Crippen molar-refractivity contribution >= 4 is 17.5 Å². The van der Waals surface area contributed by atoms with Gasteiger partial charge in [0.25, 0.3) is 11.8 Å². The minimum Gasteiger partial charge on any atom is -0.325 e. The third-order valence-electron chi connectivity index (χ3n) is 4.03. The van der Waals surface area contributed by atoms with Crippen molar-refractivity contribution in [3.05, 3.63) is 88.9 Å². The molecule has 0 aliphatic rings. The molecule has 0 aliphatic carbocycles. The standard InChI is InChI=1S/C23H26FN3O2/c1-4-5-7-18(14-16(3)25)27-23(29)20-9-6-8-19(21(20)24)22(28)26-17-12-10-15(2)11-13-17/h5-14,16H,4,25H2,1-3H3,(H,26,28)(H,27,29)/b7-5-,18-14+. The summed E-state index contributed by atoms with van der Waals surface area (Å²) in [5.74, 6) is -2.16. The second-order valence-corrected chi connectivity index (χ2v) is 6.73. The van der Waals surface area contributed by atoms with Crippen molar-refractivity contribution in [3.8, 4) is 0 Å². The van der Waals surface area contributed by atoms with Gasteiger partial charge in [0, 0.05) is 17.4 Å². The van der Waals surface area contributed by atoms with Gasteiger partial charge >= 0.3 is 0 Å². The molecule has 29 heavy (non-hydrogen) atoms. The number of halogens is 1. The van der Waals surface area contributed by atoms with Gasteiger partial charge in [-0.2, -0.15) is 0 Å². The first kappa shape index (κ1) is 22.0. The Morgan fingerprint density at radius 3 is 2.31 bits per heavy atom. The van der Waals surface area contributed by atoms with Crippen molar-refractivity contribution in [2.75, 3.05) is 5.32 Å². The monoisotopic (exact) mass is 395 g/mol. The molecule has 0 saturated heterocycles. The van der Waals surface area contributed by atoms with Gasteiger partial charge in [-0.15, -0.1) is 0 Å². The lowest BCUT2D eigenvalue weighted by atomic mass is 10.1. The molecule has 5 nitrogen and oxygen atoms in total. The van der Waals surface area contributed by atoms with E-state index >= 15 is 0 Å². The number of amides is 2. The Morgan fingerprint density at radius 1 is 1.10 bits per heavy atom. The highest BCUT2D eigenvalue weighted by Gasteiger charge is 2.19. The van der Waals surface area contributed by atoms with E-state index in [2.05, 4.69) is 10.6 Å². The highest BCUT2D eigenvalue weighted by atomic mass is 19.1. The second kappa shape index (κ2) is 10.3. The number of hydrogen-bond donors (Lipinski definition) is 3. The molecule has 0 saturated carbocycles. The van der Waals surface area contributed by atoms with Crippen LogP contribution in [0.4, 0.5) is 10.1 Å². The van der Waals surface area contributed by atoms with Gasteiger partial charge in [-0.3, -0.25) is 9.59 Å². The number of benzene rings is 2. The first-order valence-electron chi connectivity index (χ1n) is 9.43. The Kier molecular flexibility index (Phi) is 7.86. The van der Waals surface area contributed by atoms with E-state index in [1.165, 1.54) is 18.2 Å². The van der Waals surface area contributed by atoms with E-state index in [0.29, 0.717) is 11.4 Å². The van der Waals surface area contributed by atoms with Crippen molar-refractivity contribution in [1.82, 2.24) is 5.32 Å². The third-order valence-corrected chi connectivity index (χ3v) is 4.03. The summed E-state index contributed by atoms with van der Waals surface area (Å²) in [6.07, 6.45) is 6.01. The van der Waals surface area contributed by atoms with E-state index in [1.807, 2.05) is 32.1 Å². The van der Waals surface area contributed by atoms with Gasteiger partial charge in [0.1, 0.15) is 5.82 Å². The number of rotatable bonds is 7. The van der Waals surface area contributed by atoms with Crippen molar-refractivity contribution in [2.45, 2.75) is 33.2 Å². The summed E-state index contributed by atoms with van der Waals surface area (Å²) < 4.78 is 14.9. The predicted molar refractivity (Wildman–Crippen MR) is 114 cm³/mol. The molecular formula is C23H26FN3O2. The van der Waals surface area contributed by atoms with E-state index in [4.69, 9.17) is 5.73 Å². The van der Waals surface area contributed by atoms with E-state index in [0.717, 1.165) is 12.0 Å². The number of carbonyl (C=O) groups is 2. The first-order valence-corrected chi connectivity index (χ1v) is 9.43. The molecule has 0 fully saturated rings. The topological polar surface area (TPSA) is 84.2 Å². The van der Waals surface area contributed by atoms with Crippen molar-refractivity contribution < 1.29 is 14.0 Å². The molecular weight excluding hydrogens is 369 g/mol. The molecule has 2 rings (SSSR count). The zero-order valence-corrected chi connectivity index (χ0v) is 16.8. The van der Waals surface area contributed by atoms with E-state index in [-0.39, 0.29) is 17.2 Å². The maximum atomic E-state index is 14.9. The van der Waals surface area contributed by atoms with Crippen molar-refractivity contribution in [2.24, 2.45) is 5.73 Å². The third kappa shape index (κ3) is 6.40. The first-order chi connectivity index (χ1) is 13.8. The Hall–Kier alpha value is -3.25. The largest absolute Gasteiger partial charge is 0.325 e. The number of anilines is 1. The number of allylic oxidation sites excluding steroid dienone is 2. The Labute approximate surface area is 170 Å². The number of aryl methyl sites for hydroxylation is 1. The Bertz CT molecular complexity index is 932. The second-order valence-electron chi connectivity index (χ2n) is 6.73. The molecule has 1 unspecified atom stereocenters. The molecule has 4 N–H and O–H groups in total. The van der Waals surface area contributed by atoms with Crippen LogP contribution in [0, 0.1) is 12.7 Å². The summed E-state index contributed by atoms with van der Waals surface area (Å²) in [5.41, 5.74) is 7.40. The fourth-order valence-electron chi connectivity index (χ4n) is 2.58. The van der Waals surface area contributed by atoms with Crippen LogP contribution in [-0.2, 0) is 0 Å². The normalized spacial score (nSPS) is 12.7. The van der Waals surface area contributed by atoms with Gasteiger partial charge in [-0.05, 0) is 56.7 Å². The summed E-state index contributed by atoms with van der Waals surface area (Å²) in [5, 5.41) is 5.28. The number of hydrogen-bond acceptors (Lipinski definition) is 3. The summed E-state index contributed by atoms with van der Waals surface area (Å²) in [7, 11) is 0. The zero-order chi connectivity index (χ0) is 21.4. The van der Waals surface area contributed by atoms with Crippen molar-refractivity contribution in [3.63, 3.8) is 0 Å². The summed E-state index contributed by atoms with van der Waals surface area (Å²) >= 11 is 0. The van der Waals surface area contributed by atoms with Gasteiger partial charge in [-0.1, -0.05) is 36.8 Å². The molecule has 2 aromatic rings. The number of nitrogens with one attached hydrogen (secondary N) is 2. The van der Waals surface area contributed by atoms with Gasteiger partial charge in [0.05, 0.1) is 11.1 Å². The van der Waals surface area contributed by atoms with Crippen LogP contribution in [0.5, 0.6) is 0 Å². The maximum absolute atomic E-state index is 14.9. The Morgan fingerprint density at radius 2 is 1.72 bits per heavy atom. The van der Waals surface area contributed by atoms with Crippen LogP contribution >= 0.6 is 0 Å². The Balaban J connectivity index is 2.24. The van der Waals surface area contributed by atoms with Crippen LogP contribution < -0.4 is 16.4 Å². The molecule has 2 amide bonds. The summed E-state index contributed by atoms with van der Waals surface area (Å²) in [6.45, 7) is 5.65. The van der Waals surface area contributed by atoms with Gasteiger partial charge < -0.3 is 16.4 Å². The van der Waals surface area contributed by atoms with Crippen LogP contribution in [0.1, 0.15) is 46.5 Å². The van der Waals surface area contributed by atoms with E-state index in [1.54, 1.807) is 31.2 Å². The van der Waals surface area contributed by atoms with Crippen LogP contribution in [0.25, 0.3) is 0 Å². The minimum atomic E-state index is -0.880. The molecule has 0 aliphatic heterocycles. The molecule has 0 spiro atoms. The maximum Gasteiger partial charge on any atom is 0.258 e. The highest BCUT2D eigenvalue weighted by molar-refractivity contribution is 6.06. The molecule has 0 aromatic heterocycles. The van der Waals surface area contributed by atoms with Crippen LogP contribution in [0.3, 0.4) is 0 Å². The van der Waals surface area contributed by atoms with Crippen LogP contribution in [0.15, 0.2) is 66.4 Å². The molecule has 6 heteroatoms. The fraction of sp³-hybridized carbons (Fsp3) is 0.217. The average Bonchev–Trinajstić information content (AvgIpc) is 2.67. The fourth-order valence-corrected chi connectivity index (χ4v) is 2.58. The average molecular weight is 395 g/mol. The van der Waals surface area contributed by atoms with Gasteiger partial charge in [-0.25, -0.2) is 4.39 Å². The zero-order valence-electron chi connectivity index (χ0n) is 16.8. The minimum absolute atomic E-state index is 0.208. The number of carbonyl (C=O) groups excluding carboxylic acids is 2. The van der Waals surface area contributed by atoms with E-state index in [9.17, 15) is 14.0 Å². The lowest BCUT2D eigenvalue weighted by Crippen LogP contribution is -2.26. The van der Waals surface area contributed by atoms with Crippen LogP contribution in [-0.4, -0.2) is 17.9 Å². The molecule has 0 radical (unpaired) electrons. The number of nitrogens with two attached hydrogens (primary N) is 1. The quantitative estimate of drug-likeness (QED) is 0.611. The molecule has 1 atom stereocenters. The van der Waals surface area contributed by atoms with E-state index < -0.39 is 17.6 Å². The smallest absolute Gasteiger partial charge is 0.258 e. The molecule has 2 aromatic carbocycles. The molecule has 152 valence electrons. The van der Waals surface area contributed by atoms with Crippen molar-refractivity contribution in [1.29, 1.82) is 0 Å². The molecule has 0 bridgehead atoms. The summed E-state index contributed by atoms with van der Waals surface area (Å²) in [6, 6.07) is 11.0. The van der Waals surface area contributed by atoms with Crippen LogP contribution in [0.2, 0.25) is 0 Å². The predicted octanol–water partition coefficient (Wildman–Crippen LogP) is 4.31. The molecule has 0 heterocycles. The SMILES string of the molecule is CC/C=C\C(=C/C(C)N)NC(=O)c1cccc(C(=O)Nc2ccc(C)cc2)c1F. The summed E-state index contributed by atoms with van der Waals surface area (Å²) in [4.78, 5) is 25.1. The lowest BCUT2D eigenvalue weighted by molar-refractivity contribution is 0.0963. The lowest BCUT2D eigenvalue weighted by Gasteiger charge is -2.11. The van der Waals surface area contributed by atoms with Gasteiger partial charge in [0.15, 0.2) is 0 Å².